The van der Waals surface area contributed by atoms with Crippen molar-refractivity contribution in [1.82, 2.24) is 20.1 Å². The van der Waals surface area contributed by atoms with Crippen molar-refractivity contribution in [2.24, 2.45) is 0 Å². The van der Waals surface area contributed by atoms with E-state index in [4.69, 9.17) is 9.47 Å². The summed E-state index contributed by atoms with van der Waals surface area (Å²) < 4.78 is 10.4. The Balaban J connectivity index is 1.78. The highest BCUT2D eigenvalue weighted by molar-refractivity contribution is 6.00. The summed E-state index contributed by atoms with van der Waals surface area (Å²) in [6.07, 6.45) is 4.30. The van der Waals surface area contributed by atoms with E-state index in [0.29, 0.717) is 18.8 Å². The Bertz CT molecular complexity index is 954. The van der Waals surface area contributed by atoms with Gasteiger partial charge in [0.15, 0.2) is 0 Å². The van der Waals surface area contributed by atoms with E-state index in [2.05, 4.69) is 15.2 Å². The third-order valence-electron chi connectivity index (χ3n) is 4.97. The highest BCUT2D eigenvalue weighted by Crippen LogP contribution is 2.42. The third kappa shape index (κ3) is 3.14. The van der Waals surface area contributed by atoms with Crippen LogP contribution >= 0.6 is 0 Å². The number of carbonyl (C=O) groups excluding carboxylic acids is 1. The molecular formula is C21H22N4O3. The zero-order valence-electron chi connectivity index (χ0n) is 15.9. The van der Waals surface area contributed by atoms with Crippen LogP contribution < -0.4 is 4.74 Å². The zero-order valence-corrected chi connectivity index (χ0v) is 15.9. The minimum absolute atomic E-state index is 0.0489. The number of aromatic nitrogens is 3. The summed E-state index contributed by atoms with van der Waals surface area (Å²) in [4.78, 5) is 19.2. The van der Waals surface area contributed by atoms with E-state index in [-0.39, 0.29) is 11.9 Å². The molecule has 7 heteroatoms. The number of amides is 1. The second-order valence-electron chi connectivity index (χ2n) is 6.62. The van der Waals surface area contributed by atoms with Gasteiger partial charge in [-0.05, 0) is 42.3 Å². The van der Waals surface area contributed by atoms with Crippen molar-refractivity contribution < 1.29 is 14.3 Å². The van der Waals surface area contributed by atoms with Crippen LogP contribution in [0.4, 0.5) is 0 Å². The first kappa shape index (κ1) is 18.2. The Hall–Kier alpha value is -3.19. The molecule has 0 saturated heterocycles. The van der Waals surface area contributed by atoms with Crippen molar-refractivity contribution in [3.8, 4) is 17.0 Å². The Kier molecular flexibility index (Phi) is 5.08. The summed E-state index contributed by atoms with van der Waals surface area (Å²) in [7, 11) is 3.30. The smallest absolute Gasteiger partial charge is 0.273 e. The maximum atomic E-state index is 13.1. The van der Waals surface area contributed by atoms with Crippen LogP contribution in [-0.2, 0) is 4.74 Å². The van der Waals surface area contributed by atoms with E-state index in [0.717, 1.165) is 34.6 Å². The number of methoxy groups -OCH3 is 2. The number of ether oxygens (including phenoxy) is 2. The van der Waals surface area contributed by atoms with Gasteiger partial charge in [-0.1, -0.05) is 6.07 Å². The van der Waals surface area contributed by atoms with Crippen LogP contribution in [0.15, 0.2) is 48.8 Å². The van der Waals surface area contributed by atoms with Crippen LogP contribution in [0, 0.1) is 0 Å². The number of nitrogens with zero attached hydrogens (tertiary/aromatic N) is 3. The first-order chi connectivity index (χ1) is 13.7. The van der Waals surface area contributed by atoms with E-state index in [1.165, 1.54) is 0 Å². The molecule has 3 heterocycles. The molecule has 0 fully saturated rings. The predicted octanol–water partition coefficient (Wildman–Crippen LogP) is 3.06. The fourth-order valence-corrected chi connectivity index (χ4v) is 3.66. The summed E-state index contributed by atoms with van der Waals surface area (Å²) in [5, 5.41) is 7.42. The fraction of sp³-hybridized carbons (Fsp3) is 0.286. The molecule has 28 heavy (non-hydrogen) atoms. The molecule has 7 nitrogen and oxygen atoms in total. The maximum absolute atomic E-state index is 13.1. The largest absolute Gasteiger partial charge is 0.497 e. The van der Waals surface area contributed by atoms with Gasteiger partial charge in [0.2, 0.25) is 0 Å². The standard InChI is InChI=1S/C21H22N4O3/c1-27-12-4-11-25-20(15-5-3-10-22-13-15)17-18(23-24-19(17)21(25)26)14-6-8-16(28-2)9-7-14/h3,5-10,13,20H,4,11-12H2,1-2H3,(H,23,24). The van der Waals surface area contributed by atoms with Crippen molar-refractivity contribution in [2.75, 3.05) is 27.4 Å². The zero-order chi connectivity index (χ0) is 19.5. The molecule has 0 radical (unpaired) electrons. The lowest BCUT2D eigenvalue weighted by Gasteiger charge is -2.26. The highest BCUT2D eigenvalue weighted by Gasteiger charge is 2.41. The van der Waals surface area contributed by atoms with Crippen LogP contribution in [0.1, 0.15) is 34.1 Å². The van der Waals surface area contributed by atoms with Gasteiger partial charge in [-0.2, -0.15) is 5.10 Å². The molecule has 1 aromatic carbocycles. The normalized spacial score (nSPS) is 15.7. The molecule has 3 aromatic rings. The Labute approximate surface area is 163 Å². The average Bonchev–Trinajstić information content (AvgIpc) is 3.28. The Morgan fingerprint density at radius 2 is 2.00 bits per heavy atom. The first-order valence-electron chi connectivity index (χ1n) is 9.17. The second kappa shape index (κ2) is 7.82. The molecule has 0 bridgehead atoms. The molecule has 1 aliphatic heterocycles. The van der Waals surface area contributed by atoms with Gasteiger partial charge in [-0.25, -0.2) is 0 Å². The van der Waals surface area contributed by atoms with E-state index >= 15 is 0 Å². The monoisotopic (exact) mass is 378 g/mol. The van der Waals surface area contributed by atoms with Crippen molar-refractivity contribution in [2.45, 2.75) is 12.5 Å². The lowest BCUT2D eigenvalue weighted by atomic mass is 9.97. The Morgan fingerprint density at radius 1 is 1.18 bits per heavy atom. The van der Waals surface area contributed by atoms with Gasteiger partial charge in [0.05, 0.1) is 18.8 Å². The fourth-order valence-electron chi connectivity index (χ4n) is 3.66. The molecule has 1 atom stereocenters. The molecule has 4 rings (SSSR count). The lowest BCUT2D eigenvalue weighted by molar-refractivity contribution is 0.0723. The second-order valence-corrected chi connectivity index (χ2v) is 6.62. The van der Waals surface area contributed by atoms with E-state index < -0.39 is 0 Å². The van der Waals surface area contributed by atoms with Gasteiger partial charge >= 0.3 is 0 Å². The summed E-state index contributed by atoms with van der Waals surface area (Å²) in [6.45, 7) is 1.19. The number of nitrogens with one attached hydrogen (secondary N) is 1. The lowest BCUT2D eigenvalue weighted by Crippen LogP contribution is -2.31. The average molecular weight is 378 g/mol. The molecular weight excluding hydrogens is 356 g/mol. The van der Waals surface area contributed by atoms with E-state index in [1.54, 1.807) is 26.6 Å². The third-order valence-corrected chi connectivity index (χ3v) is 4.97. The SMILES string of the molecule is COCCCN1C(=O)c2[nH]nc(-c3ccc(OC)cc3)c2C1c1cccnc1. The Morgan fingerprint density at radius 3 is 2.68 bits per heavy atom. The number of fused-ring (bicyclic) bond motifs is 1. The number of H-pyrrole nitrogens is 1. The molecule has 1 unspecified atom stereocenters. The van der Waals surface area contributed by atoms with Crippen LogP contribution in [0.5, 0.6) is 5.75 Å². The van der Waals surface area contributed by atoms with Gasteiger partial charge in [-0.3, -0.25) is 14.9 Å². The minimum atomic E-state index is -0.232. The molecule has 0 spiro atoms. The topological polar surface area (TPSA) is 80.3 Å². The summed E-state index contributed by atoms with van der Waals surface area (Å²) in [6, 6.07) is 11.3. The summed E-state index contributed by atoms with van der Waals surface area (Å²) >= 11 is 0. The molecule has 1 amide bonds. The van der Waals surface area contributed by atoms with E-state index in [1.807, 2.05) is 41.3 Å². The van der Waals surface area contributed by atoms with Crippen LogP contribution in [-0.4, -0.2) is 53.4 Å². The number of rotatable bonds is 7. The van der Waals surface area contributed by atoms with Gasteiger partial charge < -0.3 is 14.4 Å². The van der Waals surface area contributed by atoms with Gasteiger partial charge in [0.1, 0.15) is 11.4 Å². The molecule has 144 valence electrons. The molecule has 1 aliphatic rings. The summed E-state index contributed by atoms with van der Waals surface area (Å²) in [5.41, 5.74) is 4.09. The van der Waals surface area contributed by atoms with Crippen LogP contribution in [0.3, 0.4) is 0 Å². The number of carbonyl (C=O) groups is 1. The number of benzene rings is 1. The number of hydrogen-bond donors (Lipinski definition) is 1. The van der Waals surface area contributed by atoms with E-state index in [9.17, 15) is 4.79 Å². The van der Waals surface area contributed by atoms with Crippen molar-refractivity contribution >= 4 is 5.91 Å². The maximum Gasteiger partial charge on any atom is 0.273 e. The van der Waals surface area contributed by atoms with Crippen LogP contribution in [0.25, 0.3) is 11.3 Å². The number of pyridine rings is 1. The molecule has 1 N–H and O–H groups in total. The number of aromatic amines is 1. The first-order valence-corrected chi connectivity index (χ1v) is 9.17. The van der Waals surface area contributed by atoms with Gasteiger partial charge in [0, 0.05) is 43.8 Å². The summed E-state index contributed by atoms with van der Waals surface area (Å²) in [5.74, 6) is 0.726. The highest BCUT2D eigenvalue weighted by atomic mass is 16.5. The van der Waals surface area contributed by atoms with Gasteiger partial charge in [-0.15, -0.1) is 0 Å². The number of hydrogen-bond acceptors (Lipinski definition) is 5. The van der Waals surface area contributed by atoms with Crippen molar-refractivity contribution in [1.29, 1.82) is 0 Å². The van der Waals surface area contributed by atoms with Crippen molar-refractivity contribution in [3.63, 3.8) is 0 Å². The van der Waals surface area contributed by atoms with Gasteiger partial charge in [0.25, 0.3) is 5.91 Å². The predicted molar refractivity (Wildman–Crippen MR) is 104 cm³/mol. The molecule has 2 aromatic heterocycles. The van der Waals surface area contributed by atoms with Crippen molar-refractivity contribution in [3.05, 3.63) is 65.6 Å². The van der Waals surface area contributed by atoms with Crippen LogP contribution in [0.2, 0.25) is 0 Å². The quantitative estimate of drug-likeness (QED) is 0.639. The molecule has 0 aliphatic carbocycles. The minimum Gasteiger partial charge on any atom is -0.497 e. The molecule has 0 saturated carbocycles.